The van der Waals surface area contributed by atoms with Crippen LogP contribution in [-0.2, 0) is 10.0 Å². The van der Waals surface area contributed by atoms with Crippen LogP contribution in [0.1, 0.15) is 35.2 Å². The van der Waals surface area contributed by atoms with Crippen LogP contribution in [0.3, 0.4) is 0 Å². The van der Waals surface area contributed by atoms with E-state index in [2.05, 4.69) is 14.9 Å². The minimum atomic E-state index is -3.79. The zero-order valence-corrected chi connectivity index (χ0v) is 19.9. The molecule has 1 saturated heterocycles. The van der Waals surface area contributed by atoms with Crippen molar-refractivity contribution in [3.05, 3.63) is 82.9 Å². The standard InChI is InChI=1S/C25H26ClN3O3S/c1-18-5-12-22(13-6-18)33(31,32)28-20-9-14-24(26)23(17-20)25(30)27-19-7-10-21(11-8-19)29-15-3-2-4-16-29/h5-14,17,28H,2-4,15-16H2,1H3,(H,27,30). The van der Waals surface area contributed by atoms with Gasteiger partial charge < -0.3 is 10.2 Å². The summed E-state index contributed by atoms with van der Waals surface area (Å²) in [5.74, 6) is -0.415. The Bertz CT molecular complexity index is 1240. The number of anilines is 3. The Labute approximate surface area is 199 Å². The van der Waals surface area contributed by atoms with Crippen LogP contribution >= 0.6 is 11.6 Å². The van der Waals surface area contributed by atoms with Crippen LogP contribution in [0.2, 0.25) is 5.02 Å². The van der Waals surface area contributed by atoms with E-state index < -0.39 is 15.9 Å². The Kier molecular flexibility index (Phi) is 6.91. The van der Waals surface area contributed by atoms with Crippen molar-refractivity contribution in [2.24, 2.45) is 0 Å². The number of amides is 1. The fourth-order valence-electron chi connectivity index (χ4n) is 3.80. The van der Waals surface area contributed by atoms with Crippen molar-refractivity contribution in [1.82, 2.24) is 0 Å². The number of rotatable bonds is 6. The monoisotopic (exact) mass is 483 g/mol. The number of hydrogen-bond donors (Lipinski definition) is 2. The second-order valence-electron chi connectivity index (χ2n) is 8.16. The molecule has 1 aliphatic rings. The van der Waals surface area contributed by atoms with Crippen LogP contribution < -0.4 is 14.9 Å². The van der Waals surface area contributed by atoms with E-state index in [-0.39, 0.29) is 21.2 Å². The predicted octanol–water partition coefficient (Wildman–Crippen LogP) is 5.69. The molecule has 0 radical (unpaired) electrons. The lowest BCUT2D eigenvalue weighted by Crippen LogP contribution is -2.29. The average Bonchev–Trinajstić information content (AvgIpc) is 2.81. The highest BCUT2D eigenvalue weighted by Crippen LogP contribution is 2.26. The van der Waals surface area contributed by atoms with Crippen molar-refractivity contribution >= 4 is 44.6 Å². The molecule has 1 aliphatic heterocycles. The summed E-state index contributed by atoms with van der Waals surface area (Å²) in [6, 6.07) is 18.7. The molecule has 33 heavy (non-hydrogen) atoms. The average molecular weight is 484 g/mol. The maximum absolute atomic E-state index is 12.9. The normalized spacial score (nSPS) is 14.1. The van der Waals surface area contributed by atoms with E-state index >= 15 is 0 Å². The van der Waals surface area contributed by atoms with Crippen molar-refractivity contribution in [2.75, 3.05) is 28.0 Å². The van der Waals surface area contributed by atoms with Crippen LogP contribution in [0.15, 0.2) is 71.6 Å². The maximum atomic E-state index is 12.9. The lowest BCUT2D eigenvalue weighted by Gasteiger charge is -2.28. The van der Waals surface area contributed by atoms with E-state index in [9.17, 15) is 13.2 Å². The molecule has 3 aromatic rings. The quantitative estimate of drug-likeness (QED) is 0.472. The van der Waals surface area contributed by atoms with Gasteiger partial charge in [-0.1, -0.05) is 29.3 Å². The number of benzene rings is 3. The van der Waals surface area contributed by atoms with E-state index in [4.69, 9.17) is 11.6 Å². The van der Waals surface area contributed by atoms with Gasteiger partial charge in [0.05, 0.1) is 15.5 Å². The second kappa shape index (κ2) is 9.85. The highest BCUT2D eigenvalue weighted by molar-refractivity contribution is 7.92. The molecule has 1 fully saturated rings. The van der Waals surface area contributed by atoms with Gasteiger partial charge in [0.2, 0.25) is 0 Å². The van der Waals surface area contributed by atoms with Crippen molar-refractivity contribution in [1.29, 1.82) is 0 Å². The lowest BCUT2D eigenvalue weighted by atomic mass is 10.1. The van der Waals surface area contributed by atoms with Gasteiger partial charge in [-0.2, -0.15) is 0 Å². The third-order valence-electron chi connectivity index (χ3n) is 5.64. The number of piperidine rings is 1. The van der Waals surface area contributed by atoms with Crippen molar-refractivity contribution in [2.45, 2.75) is 31.1 Å². The van der Waals surface area contributed by atoms with E-state index in [1.165, 1.54) is 49.6 Å². The summed E-state index contributed by atoms with van der Waals surface area (Å²) in [6.45, 7) is 3.98. The number of carbonyl (C=O) groups excluding carboxylic acids is 1. The first kappa shape index (κ1) is 23.1. The summed E-state index contributed by atoms with van der Waals surface area (Å²) in [5, 5.41) is 3.07. The maximum Gasteiger partial charge on any atom is 0.261 e. The van der Waals surface area contributed by atoms with E-state index in [0.717, 1.165) is 24.3 Å². The SMILES string of the molecule is Cc1ccc(S(=O)(=O)Nc2ccc(Cl)c(C(=O)Nc3ccc(N4CCCCC4)cc3)c2)cc1. The molecular weight excluding hydrogens is 458 g/mol. The minimum absolute atomic E-state index is 0.142. The summed E-state index contributed by atoms with van der Waals surface area (Å²) in [6.07, 6.45) is 3.66. The molecule has 2 N–H and O–H groups in total. The summed E-state index contributed by atoms with van der Waals surface area (Å²) in [5.41, 5.74) is 3.18. The molecule has 172 valence electrons. The van der Waals surface area contributed by atoms with Gasteiger partial charge in [-0.25, -0.2) is 8.42 Å². The fourth-order valence-corrected chi connectivity index (χ4v) is 5.05. The molecule has 1 amide bonds. The molecule has 0 spiro atoms. The van der Waals surface area contributed by atoms with Crippen LogP contribution in [-0.4, -0.2) is 27.4 Å². The van der Waals surface area contributed by atoms with Crippen LogP contribution in [0.5, 0.6) is 0 Å². The van der Waals surface area contributed by atoms with Gasteiger partial charge in [0.15, 0.2) is 0 Å². The van der Waals surface area contributed by atoms with Gasteiger partial charge in [0, 0.05) is 30.2 Å². The molecule has 3 aromatic carbocycles. The Morgan fingerprint density at radius 2 is 1.52 bits per heavy atom. The van der Waals surface area contributed by atoms with E-state index in [0.29, 0.717) is 5.69 Å². The number of nitrogens with zero attached hydrogens (tertiary/aromatic N) is 1. The Balaban J connectivity index is 1.48. The van der Waals surface area contributed by atoms with Gasteiger partial charge in [-0.3, -0.25) is 9.52 Å². The second-order valence-corrected chi connectivity index (χ2v) is 10.3. The highest BCUT2D eigenvalue weighted by Gasteiger charge is 2.17. The van der Waals surface area contributed by atoms with Gasteiger partial charge in [0.25, 0.3) is 15.9 Å². The predicted molar refractivity (Wildman–Crippen MR) is 134 cm³/mol. The Morgan fingerprint density at radius 1 is 0.879 bits per heavy atom. The van der Waals surface area contributed by atoms with Crippen LogP contribution in [0.4, 0.5) is 17.1 Å². The number of sulfonamides is 1. The topological polar surface area (TPSA) is 78.5 Å². The molecule has 0 atom stereocenters. The molecule has 0 aliphatic carbocycles. The number of nitrogens with one attached hydrogen (secondary N) is 2. The van der Waals surface area contributed by atoms with Gasteiger partial charge in [0.1, 0.15) is 0 Å². The van der Waals surface area contributed by atoms with E-state index in [1.807, 2.05) is 31.2 Å². The molecule has 0 aromatic heterocycles. The first-order valence-corrected chi connectivity index (χ1v) is 12.7. The Morgan fingerprint density at radius 3 is 2.18 bits per heavy atom. The Hall–Kier alpha value is -3.03. The molecule has 0 bridgehead atoms. The van der Waals surface area contributed by atoms with Crippen molar-refractivity contribution in [3.63, 3.8) is 0 Å². The first-order valence-electron chi connectivity index (χ1n) is 10.9. The highest BCUT2D eigenvalue weighted by atomic mass is 35.5. The summed E-state index contributed by atoms with van der Waals surface area (Å²) in [7, 11) is -3.79. The molecular formula is C25H26ClN3O3S. The largest absolute Gasteiger partial charge is 0.372 e. The van der Waals surface area contributed by atoms with E-state index in [1.54, 1.807) is 12.1 Å². The molecule has 1 heterocycles. The molecule has 6 nitrogen and oxygen atoms in total. The van der Waals surface area contributed by atoms with Crippen LogP contribution in [0, 0.1) is 6.92 Å². The van der Waals surface area contributed by atoms with Gasteiger partial charge in [-0.05, 0) is 80.8 Å². The summed E-state index contributed by atoms with van der Waals surface area (Å²) < 4.78 is 27.9. The lowest BCUT2D eigenvalue weighted by molar-refractivity contribution is 0.102. The van der Waals surface area contributed by atoms with Crippen LogP contribution in [0.25, 0.3) is 0 Å². The zero-order valence-electron chi connectivity index (χ0n) is 18.3. The number of hydrogen-bond acceptors (Lipinski definition) is 4. The number of aryl methyl sites for hydroxylation is 1. The van der Waals surface area contributed by atoms with Gasteiger partial charge >= 0.3 is 0 Å². The first-order chi connectivity index (χ1) is 15.8. The van der Waals surface area contributed by atoms with Gasteiger partial charge in [-0.15, -0.1) is 0 Å². The third kappa shape index (κ3) is 5.67. The molecule has 8 heteroatoms. The molecule has 0 unspecified atom stereocenters. The van der Waals surface area contributed by atoms with Crippen molar-refractivity contribution in [3.8, 4) is 0 Å². The molecule has 0 saturated carbocycles. The minimum Gasteiger partial charge on any atom is -0.372 e. The smallest absolute Gasteiger partial charge is 0.261 e. The third-order valence-corrected chi connectivity index (χ3v) is 7.37. The summed E-state index contributed by atoms with van der Waals surface area (Å²) >= 11 is 6.25. The summed E-state index contributed by atoms with van der Waals surface area (Å²) in [4.78, 5) is 15.3. The zero-order chi connectivity index (χ0) is 23.4. The fraction of sp³-hybridized carbons (Fsp3) is 0.240. The molecule has 4 rings (SSSR count). The van der Waals surface area contributed by atoms with Crippen molar-refractivity contribution < 1.29 is 13.2 Å². The number of carbonyl (C=O) groups is 1. The number of halogens is 1.